The zero-order valence-electron chi connectivity index (χ0n) is 16.0. The van der Waals surface area contributed by atoms with Gasteiger partial charge in [0.2, 0.25) is 5.91 Å². The second kappa shape index (κ2) is 8.18. The molecule has 3 rings (SSSR count). The predicted molar refractivity (Wildman–Crippen MR) is 98.9 cm³/mol. The minimum absolute atomic E-state index is 0.311. The molecular formula is C20H21F3N2O4. The van der Waals surface area contributed by atoms with E-state index in [1.165, 1.54) is 14.2 Å². The van der Waals surface area contributed by atoms with Crippen molar-refractivity contribution in [3.8, 4) is 11.5 Å². The number of nitrogens with zero attached hydrogens (tertiary/aromatic N) is 2. The number of hydrogen-bond acceptors (Lipinski definition) is 4. The molecule has 29 heavy (non-hydrogen) atoms. The van der Waals surface area contributed by atoms with Crippen LogP contribution < -0.4 is 15.0 Å². The van der Waals surface area contributed by atoms with Crippen molar-refractivity contribution in [1.29, 1.82) is 0 Å². The maximum absolute atomic E-state index is 12.9. The summed E-state index contributed by atoms with van der Waals surface area (Å²) in [6.07, 6.45) is -2.51. The first kappa shape index (κ1) is 20.8. The van der Waals surface area contributed by atoms with E-state index in [0.29, 0.717) is 36.7 Å². The van der Waals surface area contributed by atoms with Gasteiger partial charge in [-0.15, -0.1) is 0 Å². The fourth-order valence-corrected chi connectivity index (χ4v) is 3.55. The van der Waals surface area contributed by atoms with Crippen LogP contribution in [0.4, 0.5) is 13.2 Å². The summed E-state index contributed by atoms with van der Waals surface area (Å²) in [5.41, 5.74) is -0.882. The lowest BCUT2D eigenvalue weighted by atomic mass is 10.0. The Morgan fingerprint density at radius 1 is 1.17 bits per heavy atom. The molecule has 0 aliphatic carbocycles. The monoisotopic (exact) mass is 410 g/mol. The first-order valence-corrected chi connectivity index (χ1v) is 9.03. The standard InChI is InChI=1S/C20H21F3N2O4/c1-28-14-6-7-17(29-2)15(10-14)16-4-3-9-25(16)19(27)12-24-11-13(20(21,22)23)5-8-18(24)26/h5-8,10-11,16H,3-4,9,12H2,1-2H3/t16-/m0/s1. The fourth-order valence-electron chi connectivity index (χ4n) is 3.55. The molecule has 1 amide bonds. The SMILES string of the molecule is COc1ccc(OC)c([C@@H]2CCCN2C(=O)Cn2cc(C(F)(F)F)ccc2=O)c1. The Kier molecular flexibility index (Phi) is 5.86. The van der Waals surface area contributed by atoms with E-state index in [4.69, 9.17) is 9.47 Å². The Morgan fingerprint density at radius 2 is 1.93 bits per heavy atom. The Hall–Kier alpha value is -2.97. The average Bonchev–Trinajstić information content (AvgIpc) is 3.18. The van der Waals surface area contributed by atoms with Crippen LogP contribution in [-0.4, -0.2) is 36.1 Å². The molecule has 0 N–H and O–H groups in total. The summed E-state index contributed by atoms with van der Waals surface area (Å²) in [7, 11) is 3.05. The molecule has 6 nitrogen and oxygen atoms in total. The minimum Gasteiger partial charge on any atom is -0.497 e. The van der Waals surface area contributed by atoms with Crippen molar-refractivity contribution >= 4 is 5.91 Å². The van der Waals surface area contributed by atoms with Crippen molar-refractivity contribution in [2.24, 2.45) is 0 Å². The first-order valence-electron chi connectivity index (χ1n) is 9.03. The highest BCUT2D eigenvalue weighted by Crippen LogP contribution is 2.39. The number of carbonyl (C=O) groups excluding carboxylic acids is 1. The number of ether oxygens (including phenoxy) is 2. The van der Waals surface area contributed by atoms with Crippen molar-refractivity contribution in [3.63, 3.8) is 0 Å². The molecule has 156 valence electrons. The number of likely N-dealkylation sites (tertiary alicyclic amines) is 1. The molecule has 2 aromatic rings. The van der Waals surface area contributed by atoms with Gasteiger partial charge in [0.05, 0.1) is 25.8 Å². The van der Waals surface area contributed by atoms with Crippen LogP contribution in [0.25, 0.3) is 0 Å². The van der Waals surface area contributed by atoms with Crippen LogP contribution in [-0.2, 0) is 17.5 Å². The minimum atomic E-state index is -4.59. The van der Waals surface area contributed by atoms with Crippen molar-refractivity contribution in [2.45, 2.75) is 31.6 Å². The molecule has 1 fully saturated rings. The number of amides is 1. The van der Waals surface area contributed by atoms with E-state index in [1.54, 1.807) is 23.1 Å². The Bertz CT molecular complexity index is 955. The van der Waals surface area contributed by atoms with Crippen LogP contribution in [0.3, 0.4) is 0 Å². The summed E-state index contributed by atoms with van der Waals surface area (Å²) in [4.78, 5) is 26.4. The molecule has 2 heterocycles. The molecule has 1 aromatic carbocycles. The largest absolute Gasteiger partial charge is 0.497 e. The van der Waals surface area contributed by atoms with E-state index in [2.05, 4.69) is 0 Å². The topological polar surface area (TPSA) is 60.8 Å². The number of methoxy groups -OCH3 is 2. The summed E-state index contributed by atoms with van der Waals surface area (Å²) >= 11 is 0. The fraction of sp³-hybridized carbons (Fsp3) is 0.400. The van der Waals surface area contributed by atoms with Gasteiger partial charge in [-0.3, -0.25) is 9.59 Å². The quantitative estimate of drug-likeness (QED) is 0.759. The third-order valence-electron chi connectivity index (χ3n) is 4.99. The molecule has 9 heteroatoms. The summed E-state index contributed by atoms with van der Waals surface area (Å²) in [6.45, 7) is -0.0247. The zero-order chi connectivity index (χ0) is 21.2. The zero-order valence-corrected chi connectivity index (χ0v) is 16.0. The second-order valence-electron chi connectivity index (χ2n) is 6.73. The maximum atomic E-state index is 12.9. The van der Waals surface area contributed by atoms with Crippen LogP contribution in [0.15, 0.2) is 41.3 Å². The smallest absolute Gasteiger partial charge is 0.417 e. The van der Waals surface area contributed by atoms with E-state index >= 15 is 0 Å². The van der Waals surface area contributed by atoms with Gasteiger partial charge < -0.3 is 18.9 Å². The van der Waals surface area contributed by atoms with Gasteiger partial charge in [-0.1, -0.05) is 0 Å². The van der Waals surface area contributed by atoms with Gasteiger partial charge in [-0.25, -0.2) is 0 Å². The molecule has 0 spiro atoms. The summed E-state index contributed by atoms with van der Waals surface area (Å²) in [6, 6.07) is 6.49. The van der Waals surface area contributed by atoms with Crippen molar-refractivity contribution in [3.05, 3.63) is 58.0 Å². The first-order chi connectivity index (χ1) is 13.7. The Morgan fingerprint density at radius 3 is 2.59 bits per heavy atom. The lowest BCUT2D eigenvalue weighted by Gasteiger charge is -2.27. The molecule has 0 saturated carbocycles. The molecule has 0 radical (unpaired) electrons. The highest BCUT2D eigenvalue weighted by molar-refractivity contribution is 5.77. The number of hydrogen-bond donors (Lipinski definition) is 0. The molecule has 1 atom stereocenters. The number of pyridine rings is 1. The number of benzene rings is 1. The van der Waals surface area contributed by atoms with Gasteiger partial charge in [0, 0.05) is 24.4 Å². The summed E-state index contributed by atoms with van der Waals surface area (Å²) in [5.74, 6) is 0.764. The lowest BCUT2D eigenvalue weighted by molar-refractivity contribution is -0.139. The average molecular weight is 410 g/mol. The second-order valence-corrected chi connectivity index (χ2v) is 6.73. The van der Waals surface area contributed by atoms with E-state index in [0.717, 1.165) is 22.6 Å². The van der Waals surface area contributed by atoms with E-state index in [-0.39, 0.29) is 6.04 Å². The molecule has 0 unspecified atom stereocenters. The third kappa shape index (κ3) is 4.38. The normalized spacial score (nSPS) is 16.7. The van der Waals surface area contributed by atoms with Crippen LogP contribution in [0.2, 0.25) is 0 Å². The molecule has 1 aromatic heterocycles. The Labute approximate surface area is 165 Å². The number of alkyl halides is 3. The van der Waals surface area contributed by atoms with Crippen LogP contribution in [0.5, 0.6) is 11.5 Å². The van der Waals surface area contributed by atoms with E-state index < -0.39 is 29.8 Å². The van der Waals surface area contributed by atoms with Gasteiger partial charge in [0.15, 0.2) is 0 Å². The number of halogens is 3. The summed E-state index contributed by atoms with van der Waals surface area (Å²) < 4.78 is 50.3. The van der Waals surface area contributed by atoms with Gasteiger partial charge in [-0.05, 0) is 37.1 Å². The van der Waals surface area contributed by atoms with Gasteiger partial charge in [0.1, 0.15) is 18.0 Å². The van der Waals surface area contributed by atoms with Crippen LogP contribution in [0, 0.1) is 0 Å². The van der Waals surface area contributed by atoms with E-state index in [9.17, 15) is 22.8 Å². The van der Waals surface area contributed by atoms with E-state index in [1.807, 2.05) is 0 Å². The summed E-state index contributed by atoms with van der Waals surface area (Å²) in [5, 5.41) is 0. The number of carbonyl (C=O) groups is 1. The highest BCUT2D eigenvalue weighted by Gasteiger charge is 2.34. The van der Waals surface area contributed by atoms with Crippen molar-refractivity contribution in [1.82, 2.24) is 9.47 Å². The van der Waals surface area contributed by atoms with Crippen LogP contribution >= 0.6 is 0 Å². The highest BCUT2D eigenvalue weighted by atomic mass is 19.4. The molecule has 0 bridgehead atoms. The van der Waals surface area contributed by atoms with Gasteiger partial charge in [-0.2, -0.15) is 13.2 Å². The predicted octanol–water partition coefficient (Wildman–Crippen LogP) is 3.25. The number of rotatable bonds is 5. The Balaban J connectivity index is 1.88. The maximum Gasteiger partial charge on any atom is 0.417 e. The van der Waals surface area contributed by atoms with Crippen molar-refractivity contribution < 1.29 is 27.4 Å². The molecule has 1 aliphatic rings. The third-order valence-corrected chi connectivity index (χ3v) is 4.99. The van der Waals surface area contributed by atoms with Gasteiger partial charge >= 0.3 is 6.18 Å². The van der Waals surface area contributed by atoms with Crippen LogP contribution in [0.1, 0.15) is 30.0 Å². The lowest BCUT2D eigenvalue weighted by Crippen LogP contribution is -2.36. The van der Waals surface area contributed by atoms with Crippen molar-refractivity contribution in [2.75, 3.05) is 20.8 Å². The van der Waals surface area contributed by atoms with Gasteiger partial charge in [0.25, 0.3) is 5.56 Å². The number of aromatic nitrogens is 1. The molecule has 1 aliphatic heterocycles. The molecular weight excluding hydrogens is 389 g/mol. The molecule has 1 saturated heterocycles.